The molecular formula is C17H25NO2. The highest BCUT2D eigenvalue weighted by Crippen LogP contribution is 2.13. The first-order valence-electron chi connectivity index (χ1n) is 7.40. The molecule has 1 amide bonds. The SMILES string of the molecule is C=CCNC(=O)c1ccc(OCCCCCCC)cc1. The van der Waals surface area contributed by atoms with Crippen LogP contribution in [-0.2, 0) is 0 Å². The maximum absolute atomic E-state index is 11.7. The van der Waals surface area contributed by atoms with E-state index in [1.165, 1.54) is 25.7 Å². The quantitative estimate of drug-likeness (QED) is 0.518. The average molecular weight is 275 g/mol. The predicted molar refractivity (Wildman–Crippen MR) is 83.2 cm³/mol. The number of carbonyl (C=O) groups excluding carboxylic acids is 1. The van der Waals surface area contributed by atoms with Crippen molar-refractivity contribution < 1.29 is 9.53 Å². The molecule has 0 fully saturated rings. The summed E-state index contributed by atoms with van der Waals surface area (Å²) in [5.41, 5.74) is 0.641. The Morgan fingerprint density at radius 2 is 1.90 bits per heavy atom. The highest BCUT2D eigenvalue weighted by Gasteiger charge is 2.03. The summed E-state index contributed by atoms with van der Waals surface area (Å²) in [6.45, 7) is 7.00. The van der Waals surface area contributed by atoms with E-state index in [0.29, 0.717) is 12.1 Å². The van der Waals surface area contributed by atoms with Crippen LogP contribution in [0.2, 0.25) is 0 Å². The van der Waals surface area contributed by atoms with Crippen molar-refractivity contribution in [1.82, 2.24) is 5.32 Å². The third-order valence-electron chi connectivity index (χ3n) is 3.04. The Balaban J connectivity index is 2.28. The van der Waals surface area contributed by atoms with Crippen LogP contribution in [0, 0.1) is 0 Å². The lowest BCUT2D eigenvalue weighted by atomic mass is 10.2. The van der Waals surface area contributed by atoms with Gasteiger partial charge in [0.05, 0.1) is 6.61 Å². The number of hydrogen-bond donors (Lipinski definition) is 1. The molecule has 0 aliphatic carbocycles. The smallest absolute Gasteiger partial charge is 0.251 e. The van der Waals surface area contributed by atoms with E-state index in [1.54, 1.807) is 18.2 Å². The average Bonchev–Trinajstić information content (AvgIpc) is 2.49. The zero-order valence-corrected chi connectivity index (χ0v) is 12.4. The molecule has 0 atom stereocenters. The Labute approximate surface area is 122 Å². The van der Waals surface area contributed by atoms with Crippen molar-refractivity contribution in [2.24, 2.45) is 0 Å². The number of nitrogens with one attached hydrogen (secondary N) is 1. The minimum Gasteiger partial charge on any atom is -0.494 e. The van der Waals surface area contributed by atoms with Gasteiger partial charge in [0.1, 0.15) is 5.75 Å². The molecule has 0 saturated heterocycles. The van der Waals surface area contributed by atoms with Crippen LogP contribution in [0.3, 0.4) is 0 Å². The van der Waals surface area contributed by atoms with Crippen LogP contribution in [0.5, 0.6) is 5.75 Å². The van der Waals surface area contributed by atoms with Gasteiger partial charge in [-0.25, -0.2) is 0 Å². The van der Waals surface area contributed by atoms with Crippen LogP contribution in [0.4, 0.5) is 0 Å². The summed E-state index contributed by atoms with van der Waals surface area (Å²) in [5, 5.41) is 2.74. The molecule has 1 N–H and O–H groups in total. The van der Waals surface area contributed by atoms with Crippen molar-refractivity contribution in [2.75, 3.05) is 13.2 Å². The molecule has 0 spiro atoms. The first-order chi connectivity index (χ1) is 9.77. The Morgan fingerprint density at radius 1 is 1.20 bits per heavy atom. The van der Waals surface area contributed by atoms with Crippen molar-refractivity contribution in [3.63, 3.8) is 0 Å². The monoisotopic (exact) mass is 275 g/mol. The number of amides is 1. The van der Waals surface area contributed by atoms with Gasteiger partial charge in [-0.2, -0.15) is 0 Å². The zero-order valence-electron chi connectivity index (χ0n) is 12.4. The zero-order chi connectivity index (χ0) is 14.6. The standard InChI is InChI=1S/C17H25NO2/c1-3-5-6-7-8-14-20-16-11-9-15(10-12-16)17(19)18-13-4-2/h4,9-12H,2-3,5-8,13-14H2,1H3,(H,18,19). The lowest BCUT2D eigenvalue weighted by Gasteiger charge is -2.07. The summed E-state index contributed by atoms with van der Waals surface area (Å²) < 4.78 is 5.65. The molecule has 0 aromatic heterocycles. The minimum atomic E-state index is -0.0870. The van der Waals surface area contributed by atoms with Crippen molar-refractivity contribution in [3.8, 4) is 5.75 Å². The molecule has 110 valence electrons. The molecule has 1 aromatic carbocycles. The fourth-order valence-corrected chi connectivity index (χ4v) is 1.87. The minimum absolute atomic E-state index is 0.0870. The van der Waals surface area contributed by atoms with E-state index in [1.807, 2.05) is 12.1 Å². The maximum Gasteiger partial charge on any atom is 0.251 e. The topological polar surface area (TPSA) is 38.3 Å². The largest absolute Gasteiger partial charge is 0.494 e. The molecule has 0 aliphatic rings. The molecule has 1 aromatic rings. The number of hydrogen-bond acceptors (Lipinski definition) is 2. The Hall–Kier alpha value is -1.77. The van der Waals surface area contributed by atoms with E-state index in [9.17, 15) is 4.79 Å². The maximum atomic E-state index is 11.7. The van der Waals surface area contributed by atoms with E-state index in [0.717, 1.165) is 18.8 Å². The predicted octanol–water partition coefficient (Wildman–Crippen LogP) is 3.95. The van der Waals surface area contributed by atoms with E-state index < -0.39 is 0 Å². The van der Waals surface area contributed by atoms with Gasteiger partial charge in [-0.1, -0.05) is 38.7 Å². The van der Waals surface area contributed by atoms with E-state index >= 15 is 0 Å². The van der Waals surface area contributed by atoms with Crippen LogP contribution in [0.25, 0.3) is 0 Å². The molecule has 20 heavy (non-hydrogen) atoms. The van der Waals surface area contributed by atoms with Gasteiger partial charge in [0.15, 0.2) is 0 Å². The molecular weight excluding hydrogens is 250 g/mol. The van der Waals surface area contributed by atoms with Crippen LogP contribution in [0.15, 0.2) is 36.9 Å². The van der Waals surface area contributed by atoms with Crippen LogP contribution in [0.1, 0.15) is 49.4 Å². The van der Waals surface area contributed by atoms with Gasteiger partial charge in [0.2, 0.25) is 0 Å². The molecule has 0 heterocycles. The van der Waals surface area contributed by atoms with E-state index in [2.05, 4.69) is 18.8 Å². The second-order valence-electron chi connectivity index (χ2n) is 4.79. The van der Waals surface area contributed by atoms with Crippen LogP contribution < -0.4 is 10.1 Å². The molecule has 0 radical (unpaired) electrons. The highest BCUT2D eigenvalue weighted by molar-refractivity contribution is 5.94. The number of unbranched alkanes of at least 4 members (excludes halogenated alkanes) is 4. The second kappa shape index (κ2) is 10.1. The van der Waals surface area contributed by atoms with E-state index in [-0.39, 0.29) is 5.91 Å². The Kier molecular flexibility index (Phi) is 8.20. The lowest BCUT2D eigenvalue weighted by Crippen LogP contribution is -2.22. The second-order valence-corrected chi connectivity index (χ2v) is 4.79. The Bertz CT molecular complexity index is 398. The normalized spacial score (nSPS) is 10.1. The van der Waals surface area contributed by atoms with Gasteiger partial charge < -0.3 is 10.1 Å². The third-order valence-corrected chi connectivity index (χ3v) is 3.04. The first-order valence-corrected chi connectivity index (χ1v) is 7.40. The lowest BCUT2D eigenvalue weighted by molar-refractivity contribution is 0.0958. The third kappa shape index (κ3) is 6.41. The molecule has 0 bridgehead atoms. The van der Waals surface area contributed by atoms with Gasteiger partial charge in [-0.05, 0) is 30.7 Å². The van der Waals surface area contributed by atoms with Gasteiger partial charge in [-0.15, -0.1) is 6.58 Å². The van der Waals surface area contributed by atoms with Crippen molar-refractivity contribution in [3.05, 3.63) is 42.5 Å². The summed E-state index contributed by atoms with van der Waals surface area (Å²) in [6, 6.07) is 7.25. The van der Waals surface area contributed by atoms with Gasteiger partial charge in [-0.3, -0.25) is 4.79 Å². The number of benzene rings is 1. The summed E-state index contributed by atoms with van der Waals surface area (Å²) in [7, 11) is 0. The molecule has 1 rings (SSSR count). The summed E-state index contributed by atoms with van der Waals surface area (Å²) in [6.07, 6.45) is 7.80. The number of carbonyl (C=O) groups is 1. The molecule has 0 unspecified atom stereocenters. The summed E-state index contributed by atoms with van der Waals surface area (Å²) in [5.74, 6) is 0.733. The summed E-state index contributed by atoms with van der Waals surface area (Å²) in [4.78, 5) is 11.7. The molecule has 0 aliphatic heterocycles. The van der Waals surface area contributed by atoms with Crippen molar-refractivity contribution >= 4 is 5.91 Å². The van der Waals surface area contributed by atoms with Gasteiger partial charge in [0, 0.05) is 12.1 Å². The highest BCUT2D eigenvalue weighted by atomic mass is 16.5. The molecule has 0 saturated carbocycles. The fourth-order valence-electron chi connectivity index (χ4n) is 1.87. The van der Waals surface area contributed by atoms with Crippen molar-refractivity contribution in [1.29, 1.82) is 0 Å². The van der Waals surface area contributed by atoms with Gasteiger partial charge in [0.25, 0.3) is 5.91 Å². The number of ether oxygens (including phenoxy) is 1. The number of rotatable bonds is 10. The van der Waals surface area contributed by atoms with Gasteiger partial charge >= 0.3 is 0 Å². The van der Waals surface area contributed by atoms with E-state index in [4.69, 9.17) is 4.74 Å². The molecule has 3 heteroatoms. The summed E-state index contributed by atoms with van der Waals surface area (Å²) >= 11 is 0. The fraction of sp³-hybridized carbons (Fsp3) is 0.471. The Morgan fingerprint density at radius 3 is 2.55 bits per heavy atom. The first kappa shape index (κ1) is 16.3. The molecule has 3 nitrogen and oxygen atoms in total. The van der Waals surface area contributed by atoms with Crippen molar-refractivity contribution in [2.45, 2.75) is 39.0 Å². The van der Waals surface area contributed by atoms with Crippen LogP contribution in [-0.4, -0.2) is 19.1 Å². The van der Waals surface area contributed by atoms with Crippen LogP contribution >= 0.6 is 0 Å².